The van der Waals surface area contributed by atoms with Crippen molar-refractivity contribution in [3.8, 4) is 0 Å². The van der Waals surface area contributed by atoms with E-state index in [9.17, 15) is 0 Å². The lowest BCUT2D eigenvalue weighted by atomic mass is 10.0. The average Bonchev–Trinajstić information content (AvgIpc) is 3.20. The molecule has 26 heavy (non-hydrogen) atoms. The zero-order valence-electron chi connectivity index (χ0n) is 16.4. The lowest BCUT2D eigenvalue weighted by Crippen LogP contribution is -2.26. The van der Waals surface area contributed by atoms with Gasteiger partial charge in [-0.3, -0.25) is 0 Å². The fraction of sp³-hybridized carbons (Fsp3) is 0.727. The van der Waals surface area contributed by atoms with E-state index in [-0.39, 0.29) is 6.29 Å². The van der Waals surface area contributed by atoms with E-state index in [1.807, 2.05) is 22.7 Å². The van der Waals surface area contributed by atoms with E-state index in [1.165, 1.54) is 83.4 Å². The summed E-state index contributed by atoms with van der Waals surface area (Å²) in [6, 6.07) is 4.62. The molecule has 0 N–H and O–H groups in total. The van der Waals surface area contributed by atoms with Crippen molar-refractivity contribution in [3.63, 3.8) is 0 Å². The Balaban J connectivity index is 1.36. The maximum Gasteiger partial charge on any atom is 0.193 e. The second-order valence-corrected chi connectivity index (χ2v) is 10.1. The van der Waals surface area contributed by atoms with E-state index in [4.69, 9.17) is 9.47 Å². The van der Waals surface area contributed by atoms with Gasteiger partial charge >= 0.3 is 0 Å². The van der Waals surface area contributed by atoms with Crippen LogP contribution in [-0.4, -0.2) is 13.2 Å². The van der Waals surface area contributed by atoms with Crippen LogP contribution in [0.25, 0.3) is 9.40 Å². The van der Waals surface area contributed by atoms with Gasteiger partial charge in [-0.25, -0.2) is 0 Å². The van der Waals surface area contributed by atoms with Gasteiger partial charge in [0.25, 0.3) is 0 Å². The first-order chi connectivity index (χ1) is 12.8. The van der Waals surface area contributed by atoms with E-state index in [0.29, 0.717) is 5.92 Å². The lowest BCUT2D eigenvalue weighted by Gasteiger charge is -2.28. The van der Waals surface area contributed by atoms with Gasteiger partial charge in [0.1, 0.15) is 0 Å². The summed E-state index contributed by atoms with van der Waals surface area (Å²) in [7, 11) is 0. The monoisotopic (exact) mass is 394 g/mol. The van der Waals surface area contributed by atoms with Crippen molar-refractivity contribution in [2.45, 2.75) is 84.3 Å². The van der Waals surface area contributed by atoms with Crippen LogP contribution < -0.4 is 0 Å². The third-order valence-corrected chi connectivity index (χ3v) is 7.67. The van der Waals surface area contributed by atoms with Crippen LogP contribution in [0.15, 0.2) is 12.1 Å². The molecule has 1 fully saturated rings. The van der Waals surface area contributed by atoms with Crippen LogP contribution in [-0.2, 0) is 15.9 Å². The van der Waals surface area contributed by atoms with Crippen molar-refractivity contribution in [2.75, 3.05) is 13.2 Å². The molecule has 2 aromatic rings. The zero-order chi connectivity index (χ0) is 18.2. The van der Waals surface area contributed by atoms with Crippen LogP contribution in [0.3, 0.4) is 0 Å². The van der Waals surface area contributed by atoms with Crippen molar-refractivity contribution < 1.29 is 9.47 Å². The largest absolute Gasteiger partial charge is 0.347 e. The lowest BCUT2D eigenvalue weighted by molar-refractivity contribution is -0.204. The summed E-state index contributed by atoms with van der Waals surface area (Å²) >= 11 is 3.79. The summed E-state index contributed by atoms with van der Waals surface area (Å²) in [4.78, 5) is 2.74. The van der Waals surface area contributed by atoms with E-state index >= 15 is 0 Å². The smallest absolute Gasteiger partial charge is 0.193 e. The van der Waals surface area contributed by atoms with Crippen LogP contribution in [0.5, 0.6) is 0 Å². The molecule has 3 heterocycles. The molecule has 0 aromatic carbocycles. The molecule has 0 aliphatic carbocycles. The molecule has 1 aliphatic rings. The van der Waals surface area contributed by atoms with E-state index in [0.717, 1.165) is 13.2 Å². The Labute approximate surface area is 166 Å². The molecule has 0 amide bonds. The highest BCUT2D eigenvalue weighted by Gasteiger charge is 2.25. The second-order valence-electron chi connectivity index (χ2n) is 7.63. The molecule has 0 spiro atoms. The maximum atomic E-state index is 6.06. The predicted octanol–water partition coefficient (Wildman–Crippen LogP) is 7.72. The second kappa shape index (κ2) is 10.8. The van der Waals surface area contributed by atoms with Gasteiger partial charge < -0.3 is 9.47 Å². The van der Waals surface area contributed by atoms with Gasteiger partial charge in [-0.1, -0.05) is 65.2 Å². The Morgan fingerprint density at radius 3 is 2.31 bits per heavy atom. The van der Waals surface area contributed by atoms with Gasteiger partial charge in [0.2, 0.25) is 0 Å². The topological polar surface area (TPSA) is 18.5 Å². The molecule has 0 unspecified atom stereocenters. The Kier molecular flexibility index (Phi) is 8.44. The van der Waals surface area contributed by atoms with Gasteiger partial charge in [0.05, 0.1) is 22.1 Å². The highest BCUT2D eigenvalue weighted by atomic mass is 32.2. The third-order valence-electron chi connectivity index (χ3n) is 5.20. The fourth-order valence-electron chi connectivity index (χ4n) is 3.66. The van der Waals surface area contributed by atoms with Gasteiger partial charge in [-0.15, -0.1) is 22.7 Å². The summed E-state index contributed by atoms with van der Waals surface area (Å²) < 4.78 is 13.5. The fourth-order valence-corrected chi connectivity index (χ4v) is 6.27. The summed E-state index contributed by atoms with van der Waals surface area (Å²) in [6.45, 7) is 6.23. The number of aryl methyl sites for hydroxylation is 1. The van der Waals surface area contributed by atoms with E-state index in [1.54, 1.807) is 0 Å². The van der Waals surface area contributed by atoms with Gasteiger partial charge in [0, 0.05) is 16.2 Å². The summed E-state index contributed by atoms with van der Waals surface area (Å²) in [6.07, 6.45) is 13.1. The molecule has 146 valence electrons. The minimum atomic E-state index is -0.139. The SMILES string of the molecule is CCCCCCCCCC1COC(c2cc3cc(CCC)sc3s2)OC1. The molecule has 1 saturated heterocycles. The minimum Gasteiger partial charge on any atom is -0.347 e. The Bertz CT molecular complexity index is 606. The summed E-state index contributed by atoms with van der Waals surface area (Å²) in [5.74, 6) is 0.583. The van der Waals surface area contributed by atoms with Crippen LogP contribution in [0.4, 0.5) is 0 Å². The van der Waals surface area contributed by atoms with E-state index in [2.05, 4.69) is 26.0 Å². The molecule has 1 aliphatic heterocycles. The van der Waals surface area contributed by atoms with Crippen molar-refractivity contribution in [2.24, 2.45) is 5.92 Å². The Morgan fingerprint density at radius 1 is 0.885 bits per heavy atom. The van der Waals surface area contributed by atoms with Crippen molar-refractivity contribution >= 4 is 32.1 Å². The minimum absolute atomic E-state index is 0.139. The third kappa shape index (κ3) is 5.79. The van der Waals surface area contributed by atoms with Crippen molar-refractivity contribution in [1.29, 1.82) is 0 Å². The molecule has 3 rings (SSSR count). The number of unbranched alkanes of at least 4 members (excludes halogenated alkanes) is 6. The zero-order valence-corrected chi connectivity index (χ0v) is 18.1. The molecular weight excluding hydrogens is 360 g/mol. The van der Waals surface area contributed by atoms with Crippen LogP contribution in [0.1, 0.15) is 87.7 Å². The molecule has 0 radical (unpaired) electrons. The molecule has 2 aromatic heterocycles. The molecule has 0 saturated carbocycles. The highest BCUT2D eigenvalue weighted by molar-refractivity contribution is 7.38. The number of rotatable bonds is 11. The number of hydrogen-bond acceptors (Lipinski definition) is 4. The van der Waals surface area contributed by atoms with Crippen LogP contribution in [0.2, 0.25) is 0 Å². The Morgan fingerprint density at radius 2 is 1.62 bits per heavy atom. The van der Waals surface area contributed by atoms with Crippen molar-refractivity contribution in [1.82, 2.24) is 0 Å². The van der Waals surface area contributed by atoms with Gasteiger partial charge in [-0.05, 0) is 25.0 Å². The molecule has 2 nitrogen and oxygen atoms in total. The standard InChI is InChI=1S/C22H34O2S2/c1-3-5-6-7-8-9-10-12-17-15-23-21(24-16-17)20-14-18-13-19(11-4-2)25-22(18)26-20/h13-14,17,21H,3-12,15-16H2,1-2H3. The van der Waals surface area contributed by atoms with Crippen molar-refractivity contribution in [3.05, 3.63) is 21.9 Å². The molecule has 0 atom stereocenters. The highest BCUT2D eigenvalue weighted by Crippen LogP contribution is 2.39. The first-order valence-electron chi connectivity index (χ1n) is 10.6. The molecule has 4 heteroatoms. The number of hydrogen-bond donors (Lipinski definition) is 0. The normalized spacial score (nSPS) is 20.8. The first kappa shape index (κ1) is 20.3. The maximum absolute atomic E-state index is 6.06. The van der Waals surface area contributed by atoms with Crippen LogP contribution in [0, 0.1) is 5.92 Å². The number of ether oxygens (including phenoxy) is 2. The predicted molar refractivity (Wildman–Crippen MR) is 114 cm³/mol. The summed E-state index contributed by atoms with van der Waals surface area (Å²) in [5, 5.41) is 1.37. The van der Waals surface area contributed by atoms with Crippen LogP contribution >= 0.6 is 22.7 Å². The summed E-state index contributed by atoms with van der Waals surface area (Å²) in [5.41, 5.74) is 0. The number of fused-ring (bicyclic) bond motifs is 1. The molecule has 0 bridgehead atoms. The van der Waals surface area contributed by atoms with Gasteiger partial charge in [0.15, 0.2) is 6.29 Å². The average molecular weight is 395 g/mol. The Hall–Kier alpha value is -0.420. The van der Waals surface area contributed by atoms with E-state index < -0.39 is 0 Å². The first-order valence-corrected chi connectivity index (χ1v) is 12.2. The number of thiophene rings is 2. The van der Waals surface area contributed by atoms with Gasteiger partial charge in [-0.2, -0.15) is 0 Å². The molecular formula is C22H34O2S2. The quantitative estimate of drug-likeness (QED) is 0.363.